The van der Waals surface area contributed by atoms with E-state index in [1.807, 2.05) is 84.9 Å². The maximum Gasteiger partial charge on any atom is 0.290 e. The van der Waals surface area contributed by atoms with E-state index in [-0.39, 0.29) is 18.5 Å². The SMILES string of the molecule is CC(=O)C(=O)N1CC(=O)N(c2ccccc2-c2ccccc2)C[C@@H]1Cc1ccccc1. The second kappa shape index (κ2) is 8.96. The van der Waals surface area contributed by atoms with Crippen molar-refractivity contribution in [3.63, 3.8) is 0 Å². The number of hydrogen-bond acceptors (Lipinski definition) is 3. The van der Waals surface area contributed by atoms with Crippen LogP contribution >= 0.6 is 0 Å². The lowest BCUT2D eigenvalue weighted by Crippen LogP contribution is -2.60. The van der Waals surface area contributed by atoms with Crippen LogP contribution < -0.4 is 4.90 Å². The molecule has 1 saturated heterocycles. The first-order chi connectivity index (χ1) is 15.0. The van der Waals surface area contributed by atoms with Crippen LogP contribution in [0.3, 0.4) is 0 Å². The van der Waals surface area contributed by atoms with E-state index in [0.717, 1.165) is 22.4 Å². The van der Waals surface area contributed by atoms with Gasteiger partial charge in [-0.15, -0.1) is 0 Å². The molecule has 31 heavy (non-hydrogen) atoms. The third kappa shape index (κ3) is 4.40. The summed E-state index contributed by atoms with van der Waals surface area (Å²) in [6, 6.07) is 27.2. The zero-order valence-corrected chi connectivity index (χ0v) is 17.4. The third-order valence-electron chi connectivity index (χ3n) is 5.60. The molecule has 5 nitrogen and oxygen atoms in total. The largest absolute Gasteiger partial charge is 0.322 e. The van der Waals surface area contributed by atoms with Crippen molar-refractivity contribution in [1.82, 2.24) is 4.90 Å². The van der Waals surface area contributed by atoms with E-state index in [4.69, 9.17) is 0 Å². The van der Waals surface area contributed by atoms with Crippen LogP contribution in [0, 0.1) is 0 Å². The van der Waals surface area contributed by atoms with Gasteiger partial charge in [0.15, 0.2) is 0 Å². The fraction of sp³-hybridized carbons (Fsp3) is 0.192. The smallest absolute Gasteiger partial charge is 0.290 e. The molecular weight excluding hydrogens is 388 g/mol. The molecule has 156 valence electrons. The number of ketones is 1. The van der Waals surface area contributed by atoms with Crippen molar-refractivity contribution in [3.05, 3.63) is 90.5 Å². The molecule has 0 aromatic heterocycles. The quantitative estimate of drug-likeness (QED) is 0.600. The molecule has 0 bridgehead atoms. The summed E-state index contributed by atoms with van der Waals surface area (Å²) in [5.74, 6) is -1.35. The Hall–Kier alpha value is -3.73. The van der Waals surface area contributed by atoms with Gasteiger partial charge >= 0.3 is 0 Å². The molecule has 5 heteroatoms. The van der Waals surface area contributed by atoms with Crippen molar-refractivity contribution in [3.8, 4) is 11.1 Å². The van der Waals surface area contributed by atoms with Crippen LogP contribution in [0.1, 0.15) is 12.5 Å². The summed E-state index contributed by atoms with van der Waals surface area (Å²) in [5.41, 5.74) is 3.85. The lowest BCUT2D eigenvalue weighted by Gasteiger charge is -2.41. The average molecular weight is 412 g/mol. The first-order valence-corrected chi connectivity index (χ1v) is 10.3. The van der Waals surface area contributed by atoms with Gasteiger partial charge in [-0.2, -0.15) is 0 Å². The molecule has 0 saturated carbocycles. The summed E-state index contributed by atoms with van der Waals surface area (Å²) < 4.78 is 0. The molecule has 1 heterocycles. The highest BCUT2D eigenvalue weighted by Crippen LogP contribution is 2.33. The Kier molecular flexibility index (Phi) is 5.94. The van der Waals surface area contributed by atoms with Crippen LogP contribution in [0.4, 0.5) is 5.69 Å². The summed E-state index contributed by atoms with van der Waals surface area (Å²) in [6.07, 6.45) is 0.567. The van der Waals surface area contributed by atoms with E-state index < -0.39 is 11.7 Å². The number of nitrogens with zero attached hydrogens (tertiary/aromatic N) is 2. The molecule has 0 spiro atoms. The molecule has 1 fully saturated rings. The lowest BCUT2D eigenvalue weighted by atomic mass is 9.98. The highest BCUT2D eigenvalue weighted by molar-refractivity contribution is 6.35. The average Bonchev–Trinajstić information content (AvgIpc) is 2.80. The molecule has 1 aliphatic heterocycles. The highest BCUT2D eigenvalue weighted by atomic mass is 16.2. The minimum absolute atomic E-state index is 0.112. The van der Waals surface area contributed by atoms with Gasteiger partial charge in [0.2, 0.25) is 11.7 Å². The Balaban J connectivity index is 1.70. The minimum Gasteiger partial charge on any atom is -0.322 e. The number of anilines is 1. The van der Waals surface area contributed by atoms with E-state index >= 15 is 0 Å². The molecule has 4 rings (SSSR count). The molecule has 1 atom stereocenters. The number of carbonyl (C=O) groups excluding carboxylic acids is 3. The molecule has 0 N–H and O–H groups in total. The number of para-hydroxylation sites is 1. The third-order valence-corrected chi connectivity index (χ3v) is 5.60. The van der Waals surface area contributed by atoms with Gasteiger partial charge in [0.05, 0.1) is 11.7 Å². The number of rotatable bonds is 5. The van der Waals surface area contributed by atoms with Crippen molar-refractivity contribution < 1.29 is 14.4 Å². The molecule has 0 aliphatic carbocycles. The molecular formula is C26H24N2O3. The summed E-state index contributed by atoms with van der Waals surface area (Å²) in [7, 11) is 0. The lowest BCUT2D eigenvalue weighted by molar-refractivity contribution is -0.147. The Morgan fingerprint density at radius 1 is 0.871 bits per heavy atom. The van der Waals surface area contributed by atoms with Gasteiger partial charge in [-0.1, -0.05) is 78.9 Å². The summed E-state index contributed by atoms with van der Waals surface area (Å²) >= 11 is 0. The van der Waals surface area contributed by atoms with Crippen molar-refractivity contribution in [1.29, 1.82) is 0 Å². The van der Waals surface area contributed by atoms with Gasteiger partial charge in [-0.05, 0) is 23.6 Å². The molecule has 2 amide bonds. The van der Waals surface area contributed by atoms with Crippen LogP contribution in [0.5, 0.6) is 0 Å². The maximum atomic E-state index is 13.1. The van der Waals surface area contributed by atoms with E-state index in [1.165, 1.54) is 11.8 Å². The number of benzene rings is 3. The van der Waals surface area contributed by atoms with Gasteiger partial charge in [0, 0.05) is 19.0 Å². The van der Waals surface area contributed by atoms with E-state index in [1.54, 1.807) is 4.90 Å². The molecule has 3 aromatic rings. The fourth-order valence-corrected chi connectivity index (χ4v) is 4.08. The molecule has 0 radical (unpaired) electrons. The van der Waals surface area contributed by atoms with E-state index in [0.29, 0.717) is 13.0 Å². The van der Waals surface area contributed by atoms with Gasteiger partial charge < -0.3 is 9.80 Å². The van der Waals surface area contributed by atoms with Crippen molar-refractivity contribution in [2.75, 3.05) is 18.0 Å². The molecule has 3 aromatic carbocycles. The predicted molar refractivity (Wildman–Crippen MR) is 121 cm³/mol. The zero-order valence-electron chi connectivity index (χ0n) is 17.4. The van der Waals surface area contributed by atoms with Crippen LogP contribution in [-0.4, -0.2) is 41.6 Å². The Bertz CT molecular complexity index is 1100. The molecule has 1 aliphatic rings. The number of piperazine rings is 1. The second-order valence-corrected chi connectivity index (χ2v) is 7.72. The first kappa shape index (κ1) is 20.5. The first-order valence-electron chi connectivity index (χ1n) is 10.3. The Morgan fingerprint density at radius 3 is 2.16 bits per heavy atom. The second-order valence-electron chi connectivity index (χ2n) is 7.72. The normalized spacial score (nSPS) is 16.3. The summed E-state index contributed by atoms with van der Waals surface area (Å²) in [4.78, 5) is 40.7. The summed E-state index contributed by atoms with van der Waals surface area (Å²) in [6.45, 7) is 1.47. The maximum absolute atomic E-state index is 13.1. The van der Waals surface area contributed by atoms with Gasteiger partial charge in [0.25, 0.3) is 5.91 Å². The van der Waals surface area contributed by atoms with Crippen LogP contribution in [0.15, 0.2) is 84.9 Å². The standard InChI is InChI=1S/C26H24N2O3/c1-19(29)26(31)27-18-25(30)28(17-22(27)16-20-10-4-2-5-11-20)24-15-9-8-14-23(24)21-12-6-3-7-13-21/h2-15,22H,16-18H2,1H3/t22-/m0/s1. The van der Waals surface area contributed by atoms with Gasteiger partial charge in [-0.3, -0.25) is 14.4 Å². The van der Waals surface area contributed by atoms with E-state index in [9.17, 15) is 14.4 Å². The van der Waals surface area contributed by atoms with Crippen molar-refractivity contribution in [2.45, 2.75) is 19.4 Å². The van der Waals surface area contributed by atoms with Crippen LogP contribution in [0.25, 0.3) is 11.1 Å². The topological polar surface area (TPSA) is 57.7 Å². The minimum atomic E-state index is -0.606. The fourth-order valence-electron chi connectivity index (χ4n) is 4.08. The Morgan fingerprint density at radius 2 is 1.48 bits per heavy atom. The highest BCUT2D eigenvalue weighted by Gasteiger charge is 2.37. The number of amides is 2. The van der Waals surface area contributed by atoms with E-state index in [2.05, 4.69) is 0 Å². The van der Waals surface area contributed by atoms with Crippen molar-refractivity contribution in [2.24, 2.45) is 0 Å². The Labute approximate surface area is 181 Å². The number of hydrogen-bond donors (Lipinski definition) is 0. The van der Waals surface area contributed by atoms with Crippen molar-refractivity contribution >= 4 is 23.3 Å². The number of carbonyl (C=O) groups is 3. The van der Waals surface area contributed by atoms with Gasteiger partial charge in [-0.25, -0.2) is 0 Å². The zero-order chi connectivity index (χ0) is 21.8. The van der Waals surface area contributed by atoms with Crippen LogP contribution in [-0.2, 0) is 20.8 Å². The monoisotopic (exact) mass is 412 g/mol. The molecule has 0 unspecified atom stereocenters. The van der Waals surface area contributed by atoms with Gasteiger partial charge in [0.1, 0.15) is 6.54 Å². The predicted octanol–water partition coefficient (Wildman–Crippen LogP) is 3.73. The number of Topliss-reactive ketones (excluding diaryl/α,β-unsaturated/α-hetero) is 1. The van der Waals surface area contributed by atoms with Crippen LogP contribution in [0.2, 0.25) is 0 Å². The summed E-state index contributed by atoms with van der Waals surface area (Å²) in [5, 5.41) is 0.